The summed E-state index contributed by atoms with van der Waals surface area (Å²) in [7, 11) is 1.23. The average molecular weight is 234 g/mol. The maximum absolute atomic E-state index is 10.2. The zero-order chi connectivity index (χ0) is 13.1. The fourth-order valence-electron chi connectivity index (χ4n) is 0.462. The van der Waals surface area contributed by atoms with Gasteiger partial charge < -0.3 is 14.9 Å². The first-order valence-electron chi connectivity index (χ1n) is 4.39. The van der Waals surface area contributed by atoms with Crippen LogP contribution in [0.5, 0.6) is 0 Å². The minimum atomic E-state index is -1.34. The van der Waals surface area contributed by atoms with Crippen LogP contribution in [0.1, 0.15) is 26.2 Å². The van der Waals surface area contributed by atoms with Crippen LogP contribution in [0.2, 0.25) is 0 Å². The van der Waals surface area contributed by atoms with Crippen molar-refractivity contribution >= 4 is 23.7 Å². The normalized spacial score (nSPS) is 8.38. The summed E-state index contributed by atoms with van der Waals surface area (Å²) in [5.74, 6) is -3.56. The van der Waals surface area contributed by atoms with Crippen LogP contribution in [-0.2, 0) is 23.9 Å². The van der Waals surface area contributed by atoms with Crippen LogP contribution < -0.4 is 0 Å². The number of methoxy groups -OCH3 is 1. The van der Waals surface area contributed by atoms with Crippen LogP contribution >= 0.6 is 0 Å². The molecular weight excluding hydrogens is 220 g/mol. The van der Waals surface area contributed by atoms with E-state index in [0.717, 1.165) is 0 Å². The Hall–Kier alpha value is -1.92. The second kappa shape index (κ2) is 9.63. The molecule has 0 radical (unpaired) electrons. The number of rotatable bonds is 5. The van der Waals surface area contributed by atoms with Gasteiger partial charge in [0, 0.05) is 6.42 Å². The lowest BCUT2D eigenvalue weighted by molar-refractivity contribution is -0.148. The molecular formula is C9H14O7. The van der Waals surface area contributed by atoms with E-state index >= 15 is 0 Å². The summed E-state index contributed by atoms with van der Waals surface area (Å²) in [5.41, 5.74) is 0. The number of ketones is 1. The van der Waals surface area contributed by atoms with Crippen molar-refractivity contribution in [2.45, 2.75) is 26.2 Å². The van der Waals surface area contributed by atoms with E-state index in [1.54, 1.807) is 0 Å². The van der Waals surface area contributed by atoms with Crippen molar-refractivity contribution < 1.29 is 34.1 Å². The van der Waals surface area contributed by atoms with Gasteiger partial charge in [-0.2, -0.15) is 0 Å². The zero-order valence-electron chi connectivity index (χ0n) is 9.06. The smallest absolute Gasteiger partial charge is 0.372 e. The summed E-state index contributed by atoms with van der Waals surface area (Å²) < 4.78 is 4.20. The van der Waals surface area contributed by atoms with Gasteiger partial charge in [-0.1, -0.05) is 6.92 Å². The fourth-order valence-corrected chi connectivity index (χ4v) is 0.462. The van der Waals surface area contributed by atoms with Gasteiger partial charge in [0.1, 0.15) is 0 Å². The number of carbonyl (C=O) groups is 4. The van der Waals surface area contributed by atoms with E-state index in [4.69, 9.17) is 10.2 Å². The fraction of sp³-hybridized carbons (Fsp3) is 0.556. The van der Waals surface area contributed by atoms with Crippen LogP contribution in [0.3, 0.4) is 0 Å². The third kappa shape index (κ3) is 12.1. The van der Waals surface area contributed by atoms with Crippen molar-refractivity contribution in [1.29, 1.82) is 0 Å². The highest BCUT2D eigenvalue weighted by Gasteiger charge is 2.05. The molecule has 0 bridgehead atoms. The van der Waals surface area contributed by atoms with Gasteiger partial charge >= 0.3 is 17.9 Å². The maximum atomic E-state index is 10.2. The van der Waals surface area contributed by atoms with Crippen LogP contribution in [-0.4, -0.2) is 41.0 Å². The van der Waals surface area contributed by atoms with E-state index in [9.17, 15) is 19.2 Å². The third-order valence-electron chi connectivity index (χ3n) is 1.33. The second-order valence-electron chi connectivity index (χ2n) is 2.55. The highest BCUT2D eigenvalue weighted by atomic mass is 16.5. The number of hydrogen-bond donors (Lipinski definition) is 2. The molecule has 0 atom stereocenters. The largest absolute Gasteiger partial charge is 0.481 e. The Balaban J connectivity index is 0. The van der Waals surface area contributed by atoms with Crippen molar-refractivity contribution in [3.63, 3.8) is 0 Å². The summed E-state index contributed by atoms with van der Waals surface area (Å²) in [6, 6.07) is 0. The Kier molecular flexibility index (Phi) is 9.93. The minimum Gasteiger partial charge on any atom is -0.481 e. The molecule has 16 heavy (non-hydrogen) atoms. The zero-order valence-corrected chi connectivity index (χ0v) is 9.06. The van der Waals surface area contributed by atoms with E-state index in [1.807, 2.05) is 0 Å². The van der Waals surface area contributed by atoms with E-state index in [2.05, 4.69) is 4.74 Å². The first-order valence-corrected chi connectivity index (χ1v) is 4.39. The van der Waals surface area contributed by atoms with Gasteiger partial charge in [0.2, 0.25) is 5.78 Å². The van der Waals surface area contributed by atoms with Gasteiger partial charge in [0.05, 0.1) is 20.0 Å². The molecule has 0 saturated carbocycles. The number of aliphatic carboxylic acids is 2. The molecule has 0 aromatic heterocycles. The summed E-state index contributed by atoms with van der Waals surface area (Å²) in [5, 5.41) is 15.9. The van der Waals surface area contributed by atoms with Gasteiger partial charge in [0.25, 0.3) is 0 Å². The summed E-state index contributed by atoms with van der Waals surface area (Å²) in [6.45, 7) is 1.51. The number of Topliss-reactive ketones (excluding diaryl/α,β-unsaturated/α-hetero) is 1. The molecule has 0 unspecified atom stereocenters. The van der Waals surface area contributed by atoms with Crippen LogP contribution in [0.4, 0.5) is 0 Å². The molecule has 2 N–H and O–H groups in total. The van der Waals surface area contributed by atoms with E-state index < -0.39 is 23.7 Å². The lowest BCUT2D eigenvalue weighted by atomic mass is 10.3. The molecule has 0 heterocycles. The number of esters is 1. The van der Waals surface area contributed by atoms with Crippen molar-refractivity contribution in [2.24, 2.45) is 0 Å². The van der Waals surface area contributed by atoms with Crippen LogP contribution in [0, 0.1) is 0 Å². The van der Waals surface area contributed by atoms with Gasteiger partial charge in [-0.05, 0) is 0 Å². The predicted octanol–water partition coefficient (Wildman–Crippen LogP) is 0.0743. The van der Waals surface area contributed by atoms with Crippen molar-refractivity contribution in [3.05, 3.63) is 0 Å². The Labute approximate surface area is 92.0 Å². The maximum Gasteiger partial charge on any atom is 0.372 e. The topological polar surface area (TPSA) is 118 Å². The Bertz CT molecular complexity index is 269. The Morgan fingerprint density at radius 2 is 1.56 bits per heavy atom. The van der Waals surface area contributed by atoms with Crippen molar-refractivity contribution in [1.82, 2.24) is 0 Å². The number of carbonyl (C=O) groups excluding carboxylic acids is 2. The molecule has 0 fully saturated rings. The molecule has 92 valence electrons. The monoisotopic (exact) mass is 234 g/mol. The predicted molar refractivity (Wildman–Crippen MR) is 51.8 cm³/mol. The summed E-state index contributed by atoms with van der Waals surface area (Å²) in [4.78, 5) is 39.5. The highest BCUT2D eigenvalue weighted by Crippen LogP contribution is 1.89. The number of ether oxygens (including phenoxy) is 1. The van der Waals surface area contributed by atoms with E-state index in [1.165, 1.54) is 14.0 Å². The molecule has 0 aromatic carbocycles. The van der Waals surface area contributed by atoms with Gasteiger partial charge in [-0.25, -0.2) is 4.79 Å². The van der Waals surface area contributed by atoms with E-state index in [0.29, 0.717) is 0 Å². The molecule has 7 heteroatoms. The summed E-state index contributed by atoms with van der Waals surface area (Å²) in [6.07, 6.45) is -0.131. The lowest BCUT2D eigenvalue weighted by Gasteiger charge is -1.92. The first-order chi connectivity index (χ1) is 7.34. The average Bonchev–Trinajstić information content (AvgIpc) is 2.25. The molecule has 0 aliphatic rings. The summed E-state index contributed by atoms with van der Waals surface area (Å²) >= 11 is 0. The van der Waals surface area contributed by atoms with Crippen molar-refractivity contribution in [2.75, 3.05) is 7.11 Å². The number of carboxylic acid groups (broad SMARTS) is 2. The first kappa shape index (κ1) is 16.5. The Morgan fingerprint density at radius 3 is 1.75 bits per heavy atom. The standard InChI is InChI=1S/C5H8O4.C4H6O3/c1-9-5(8)3-2-4(6)7;1-2-3(5)4(6)7/h2-3H2,1H3,(H,6,7);2H2,1H3,(H,6,7). The Morgan fingerprint density at radius 1 is 1.06 bits per heavy atom. The third-order valence-corrected chi connectivity index (χ3v) is 1.33. The number of carboxylic acids is 2. The number of hydrogen-bond acceptors (Lipinski definition) is 5. The molecule has 0 rings (SSSR count). The quantitative estimate of drug-likeness (QED) is 0.510. The van der Waals surface area contributed by atoms with Crippen molar-refractivity contribution in [3.8, 4) is 0 Å². The van der Waals surface area contributed by atoms with Gasteiger partial charge in [0.15, 0.2) is 0 Å². The molecule has 0 saturated heterocycles. The lowest BCUT2D eigenvalue weighted by Crippen LogP contribution is -2.09. The molecule has 0 aliphatic carbocycles. The molecule has 7 nitrogen and oxygen atoms in total. The molecule has 0 aromatic rings. The molecule has 0 spiro atoms. The molecule has 0 aliphatic heterocycles. The van der Waals surface area contributed by atoms with Gasteiger partial charge in [-0.3, -0.25) is 14.4 Å². The van der Waals surface area contributed by atoms with Crippen LogP contribution in [0.15, 0.2) is 0 Å². The SMILES string of the molecule is CCC(=O)C(=O)O.COC(=O)CCC(=O)O. The minimum absolute atomic E-state index is 0.0498. The van der Waals surface area contributed by atoms with E-state index in [-0.39, 0.29) is 19.3 Å². The van der Waals surface area contributed by atoms with Gasteiger partial charge in [-0.15, -0.1) is 0 Å². The second-order valence-corrected chi connectivity index (χ2v) is 2.55. The van der Waals surface area contributed by atoms with Crippen LogP contribution in [0.25, 0.3) is 0 Å². The molecule has 0 amide bonds. The highest BCUT2D eigenvalue weighted by molar-refractivity contribution is 6.32.